The second kappa shape index (κ2) is 3.62. The van der Waals surface area contributed by atoms with Gasteiger partial charge in [0.15, 0.2) is 0 Å². The van der Waals surface area contributed by atoms with Crippen LogP contribution in [0.25, 0.3) is 0 Å². The third-order valence-electron chi connectivity index (χ3n) is 2.40. The fourth-order valence-electron chi connectivity index (χ4n) is 1.60. The summed E-state index contributed by atoms with van der Waals surface area (Å²) in [5, 5.41) is 0.338. The predicted octanol–water partition coefficient (Wildman–Crippen LogP) is 2.98. The third kappa shape index (κ3) is 2.86. The van der Waals surface area contributed by atoms with E-state index in [4.69, 9.17) is 4.65 Å². The molecule has 11 heavy (non-hydrogen) atoms. The molecule has 1 saturated heterocycles. The molecule has 0 bridgehead atoms. The van der Waals surface area contributed by atoms with Crippen LogP contribution < -0.4 is 0 Å². The Hall–Kier alpha value is 0.0249. The molecule has 1 fully saturated rings. The van der Waals surface area contributed by atoms with Crippen LogP contribution in [0, 0.1) is 0 Å². The lowest BCUT2D eigenvalue weighted by atomic mass is 9.45. The minimum atomic E-state index is 0.338. The molecule has 0 N–H and O–H groups in total. The van der Waals surface area contributed by atoms with E-state index in [-0.39, 0.29) is 0 Å². The summed E-state index contributed by atoms with van der Waals surface area (Å²) in [4.78, 5) is 0. The van der Waals surface area contributed by atoms with Gasteiger partial charge in [-0.2, -0.15) is 0 Å². The molecule has 0 unspecified atom stereocenters. The smallest absolute Gasteiger partial charge is 0.298 e. The summed E-state index contributed by atoms with van der Waals surface area (Å²) in [5.41, 5.74) is 0. The zero-order valence-corrected chi connectivity index (χ0v) is 8.02. The molecule has 1 aliphatic rings. The van der Waals surface area contributed by atoms with Crippen LogP contribution in [-0.2, 0) is 4.65 Å². The summed E-state index contributed by atoms with van der Waals surface area (Å²) in [7, 11) is 0. The standard InChI is InChI=1S/C9H19BO/c1-9(2,3)10-7-5-4-6-8-11-10/h4-8H2,1-3H3. The van der Waals surface area contributed by atoms with Gasteiger partial charge in [0.2, 0.25) is 0 Å². The van der Waals surface area contributed by atoms with Gasteiger partial charge in [0, 0.05) is 6.61 Å². The molecule has 0 saturated carbocycles. The van der Waals surface area contributed by atoms with E-state index in [1.54, 1.807) is 0 Å². The number of hydrogen-bond acceptors (Lipinski definition) is 1. The van der Waals surface area contributed by atoms with Gasteiger partial charge in [-0.1, -0.05) is 33.6 Å². The van der Waals surface area contributed by atoms with Crippen LogP contribution in [0.15, 0.2) is 0 Å². The zero-order chi connectivity index (χ0) is 8.32. The van der Waals surface area contributed by atoms with Gasteiger partial charge in [-0.05, 0) is 18.1 Å². The first-order chi connectivity index (χ1) is 5.11. The van der Waals surface area contributed by atoms with Gasteiger partial charge in [0.1, 0.15) is 0 Å². The van der Waals surface area contributed by atoms with Gasteiger partial charge in [-0.15, -0.1) is 0 Å². The van der Waals surface area contributed by atoms with E-state index in [9.17, 15) is 0 Å². The van der Waals surface area contributed by atoms with Crippen molar-refractivity contribution in [2.24, 2.45) is 0 Å². The molecule has 1 rings (SSSR count). The summed E-state index contributed by atoms with van der Waals surface area (Å²) in [6.07, 6.45) is 5.21. The Labute approximate surface area is 70.6 Å². The van der Waals surface area contributed by atoms with Crippen LogP contribution in [0.1, 0.15) is 40.0 Å². The van der Waals surface area contributed by atoms with E-state index in [1.165, 1.54) is 25.6 Å². The van der Waals surface area contributed by atoms with Crippen LogP contribution in [0.3, 0.4) is 0 Å². The Morgan fingerprint density at radius 3 is 2.45 bits per heavy atom. The number of hydrogen-bond donors (Lipinski definition) is 0. The minimum absolute atomic E-state index is 0.338. The zero-order valence-electron chi connectivity index (χ0n) is 8.02. The van der Waals surface area contributed by atoms with Gasteiger partial charge in [0.25, 0.3) is 6.92 Å². The summed E-state index contributed by atoms with van der Waals surface area (Å²) in [5.74, 6) is 0. The highest BCUT2D eigenvalue weighted by Gasteiger charge is 2.30. The van der Waals surface area contributed by atoms with E-state index in [1.807, 2.05) is 0 Å². The van der Waals surface area contributed by atoms with E-state index >= 15 is 0 Å². The van der Waals surface area contributed by atoms with E-state index in [0.29, 0.717) is 12.2 Å². The van der Waals surface area contributed by atoms with Gasteiger partial charge < -0.3 is 4.65 Å². The van der Waals surface area contributed by atoms with Crippen molar-refractivity contribution in [1.82, 2.24) is 0 Å². The molecule has 0 aromatic rings. The maximum atomic E-state index is 5.77. The molecule has 1 nitrogen and oxygen atoms in total. The van der Waals surface area contributed by atoms with Crippen molar-refractivity contribution in [3.05, 3.63) is 0 Å². The maximum absolute atomic E-state index is 5.77. The van der Waals surface area contributed by atoms with Crippen molar-refractivity contribution in [1.29, 1.82) is 0 Å². The Morgan fingerprint density at radius 2 is 1.82 bits per heavy atom. The quantitative estimate of drug-likeness (QED) is 0.487. The second-order valence-electron chi connectivity index (χ2n) is 4.57. The molecular weight excluding hydrogens is 135 g/mol. The van der Waals surface area contributed by atoms with Crippen molar-refractivity contribution < 1.29 is 4.65 Å². The normalized spacial score (nSPS) is 21.5. The van der Waals surface area contributed by atoms with E-state index in [2.05, 4.69) is 20.8 Å². The van der Waals surface area contributed by atoms with Crippen molar-refractivity contribution >= 4 is 6.92 Å². The van der Waals surface area contributed by atoms with Crippen LogP contribution in [-0.4, -0.2) is 13.5 Å². The average molecular weight is 154 g/mol. The molecule has 0 aliphatic carbocycles. The molecule has 2 heteroatoms. The first-order valence-corrected chi connectivity index (χ1v) is 4.72. The molecule has 0 radical (unpaired) electrons. The fraction of sp³-hybridized carbons (Fsp3) is 1.00. The highest BCUT2D eigenvalue weighted by molar-refractivity contribution is 6.55. The van der Waals surface area contributed by atoms with Crippen molar-refractivity contribution in [2.75, 3.05) is 6.61 Å². The SMILES string of the molecule is CC(C)(C)B1CCCCCO1. The highest BCUT2D eigenvalue weighted by atomic mass is 16.4. The lowest BCUT2D eigenvalue weighted by Gasteiger charge is -2.25. The van der Waals surface area contributed by atoms with Crippen molar-refractivity contribution in [3.8, 4) is 0 Å². The van der Waals surface area contributed by atoms with Crippen LogP contribution >= 0.6 is 0 Å². The van der Waals surface area contributed by atoms with E-state index < -0.39 is 0 Å². The second-order valence-corrected chi connectivity index (χ2v) is 4.57. The topological polar surface area (TPSA) is 9.23 Å². The first-order valence-electron chi connectivity index (χ1n) is 4.72. The molecule has 1 heterocycles. The van der Waals surface area contributed by atoms with Crippen molar-refractivity contribution in [3.63, 3.8) is 0 Å². The average Bonchev–Trinajstić information content (AvgIpc) is 2.10. The Balaban J connectivity index is 2.43. The predicted molar refractivity (Wildman–Crippen MR) is 50.1 cm³/mol. The molecule has 1 aliphatic heterocycles. The summed E-state index contributed by atoms with van der Waals surface area (Å²) in [6.45, 7) is 8.27. The van der Waals surface area contributed by atoms with Crippen LogP contribution in [0.4, 0.5) is 0 Å². The molecule has 0 spiro atoms. The van der Waals surface area contributed by atoms with Gasteiger partial charge in [-0.3, -0.25) is 0 Å². The lowest BCUT2D eigenvalue weighted by molar-refractivity contribution is 0.305. The minimum Gasteiger partial charge on any atom is -0.435 e. The first kappa shape index (κ1) is 9.12. The highest BCUT2D eigenvalue weighted by Crippen LogP contribution is 2.32. The molecule has 0 atom stereocenters. The summed E-state index contributed by atoms with van der Waals surface area (Å²) in [6, 6.07) is 0. The van der Waals surface area contributed by atoms with Crippen LogP contribution in [0.5, 0.6) is 0 Å². The largest absolute Gasteiger partial charge is 0.435 e. The monoisotopic (exact) mass is 154 g/mol. The van der Waals surface area contributed by atoms with Gasteiger partial charge >= 0.3 is 0 Å². The van der Waals surface area contributed by atoms with Gasteiger partial charge in [0.05, 0.1) is 0 Å². The fourth-order valence-corrected chi connectivity index (χ4v) is 1.60. The molecular formula is C9H19BO. The van der Waals surface area contributed by atoms with Gasteiger partial charge in [-0.25, -0.2) is 0 Å². The Bertz CT molecular complexity index is 109. The molecule has 0 amide bonds. The van der Waals surface area contributed by atoms with E-state index in [0.717, 1.165) is 6.61 Å². The summed E-state index contributed by atoms with van der Waals surface area (Å²) >= 11 is 0. The van der Waals surface area contributed by atoms with Crippen LogP contribution in [0.2, 0.25) is 11.6 Å². The Kier molecular flexibility index (Phi) is 3.00. The number of rotatable bonds is 0. The third-order valence-corrected chi connectivity index (χ3v) is 2.40. The molecule has 64 valence electrons. The Morgan fingerprint density at radius 1 is 1.09 bits per heavy atom. The molecule has 0 aromatic heterocycles. The summed E-state index contributed by atoms with van der Waals surface area (Å²) < 4.78 is 5.77. The maximum Gasteiger partial charge on any atom is 0.298 e. The molecule has 0 aromatic carbocycles. The van der Waals surface area contributed by atoms with Crippen molar-refractivity contribution in [2.45, 2.75) is 51.7 Å². The lowest BCUT2D eigenvalue weighted by Crippen LogP contribution is -2.28.